The molecule has 0 radical (unpaired) electrons. The fraction of sp³-hybridized carbons (Fsp3) is 0.565. The first-order valence-electron chi connectivity index (χ1n) is 10.9. The van der Waals surface area contributed by atoms with Gasteiger partial charge in [0.2, 0.25) is 0 Å². The maximum absolute atomic E-state index is 12.2. The fourth-order valence-corrected chi connectivity index (χ4v) is 4.62. The second kappa shape index (κ2) is 9.09. The molecule has 0 spiro atoms. The molecule has 1 aliphatic heterocycles. The molecule has 1 saturated heterocycles. The van der Waals surface area contributed by atoms with E-state index in [0.29, 0.717) is 17.7 Å². The van der Waals surface area contributed by atoms with Crippen molar-refractivity contribution >= 4 is 16.9 Å². The average Bonchev–Trinajstić information content (AvgIpc) is 3.06. The molecule has 2 aliphatic rings. The number of rotatable bonds is 6. The van der Waals surface area contributed by atoms with Gasteiger partial charge < -0.3 is 4.42 Å². The van der Waals surface area contributed by atoms with Crippen LogP contribution in [0, 0.1) is 0 Å². The number of carbonyl (C=O) groups excluding carboxylic acids is 1. The third-order valence-corrected chi connectivity index (χ3v) is 6.39. The van der Waals surface area contributed by atoms with Gasteiger partial charge in [0.25, 0.3) is 0 Å². The van der Waals surface area contributed by atoms with Gasteiger partial charge in [0, 0.05) is 50.9 Å². The molecule has 2 heterocycles. The number of piperazine rings is 1. The first kappa shape index (κ1) is 20.1. The number of allylic oxidation sites excluding steroid dienone is 1. The van der Waals surface area contributed by atoms with Crippen molar-refractivity contribution in [1.29, 1.82) is 0 Å². The smallest absolute Gasteiger partial charge is 0.408 e. The minimum Gasteiger partial charge on any atom is -0.408 e. The van der Waals surface area contributed by atoms with Crippen LogP contribution in [-0.2, 0) is 6.54 Å². The Bertz CT molecular complexity index is 928. The van der Waals surface area contributed by atoms with Gasteiger partial charge in [0.1, 0.15) is 0 Å². The van der Waals surface area contributed by atoms with Crippen molar-refractivity contribution in [3.63, 3.8) is 0 Å². The molecule has 2 aromatic rings. The van der Waals surface area contributed by atoms with E-state index in [9.17, 15) is 9.59 Å². The Labute approximate surface area is 171 Å². The SMILES string of the molecule is CC(=O)c1ccc2c(c1)oc(=O)n2CC=CCN1CCN(C2CCCCC2)CC1. The van der Waals surface area contributed by atoms with E-state index in [4.69, 9.17) is 4.42 Å². The van der Waals surface area contributed by atoms with E-state index >= 15 is 0 Å². The molecule has 6 nitrogen and oxygen atoms in total. The zero-order valence-corrected chi connectivity index (χ0v) is 17.3. The fourth-order valence-electron chi connectivity index (χ4n) is 4.62. The van der Waals surface area contributed by atoms with Gasteiger partial charge in [-0.2, -0.15) is 0 Å². The van der Waals surface area contributed by atoms with Gasteiger partial charge in [-0.1, -0.05) is 31.4 Å². The van der Waals surface area contributed by atoms with Crippen LogP contribution in [0.2, 0.25) is 0 Å². The number of carbonyl (C=O) groups is 1. The molecule has 2 fully saturated rings. The van der Waals surface area contributed by atoms with Crippen LogP contribution < -0.4 is 5.76 Å². The molecule has 1 saturated carbocycles. The number of Topliss-reactive ketones (excluding diaryl/α,β-unsaturated/α-hetero) is 1. The van der Waals surface area contributed by atoms with Crippen molar-refractivity contribution in [1.82, 2.24) is 14.4 Å². The van der Waals surface area contributed by atoms with Crippen LogP contribution in [0.1, 0.15) is 49.4 Å². The largest absolute Gasteiger partial charge is 0.420 e. The number of oxazole rings is 1. The standard InChI is InChI=1S/C23H31N3O3/c1-18(27)19-9-10-21-22(17-19)29-23(28)26(21)12-6-5-11-24-13-15-25(16-14-24)20-7-3-2-4-8-20/h5-6,9-10,17,20H,2-4,7-8,11-16H2,1H3. The summed E-state index contributed by atoms with van der Waals surface area (Å²) in [5.74, 6) is -0.419. The molecule has 0 N–H and O–H groups in total. The number of ketones is 1. The van der Waals surface area contributed by atoms with Crippen LogP contribution in [0.4, 0.5) is 0 Å². The van der Waals surface area contributed by atoms with Crippen molar-refractivity contribution in [3.8, 4) is 0 Å². The zero-order chi connectivity index (χ0) is 20.2. The van der Waals surface area contributed by atoms with E-state index < -0.39 is 0 Å². The van der Waals surface area contributed by atoms with Crippen LogP contribution in [0.15, 0.2) is 39.6 Å². The molecule has 1 aliphatic carbocycles. The molecule has 6 heteroatoms. The van der Waals surface area contributed by atoms with Crippen molar-refractivity contribution in [2.45, 2.75) is 51.6 Å². The lowest BCUT2D eigenvalue weighted by molar-refractivity contribution is 0.0846. The quantitative estimate of drug-likeness (QED) is 0.553. The van der Waals surface area contributed by atoms with Crippen molar-refractivity contribution in [3.05, 3.63) is 46.5 Å². The Morgan fingerprint density at radius 1 is 1.07 bits per heavy atom. The van der Waals surface area contributed by atoms with Crippen LogP contribution in [0.3, 0.4) is 0 Å². The van der Waals surface area contributed by atoms with Crippen molar-refractivity contribution < 1.29 is 9.21 Å². The molecule has 0 atom stereocenters. The molecule has 0 amide bonds. The summed E-state index contributed by atoms with van der Waals surface area (Å²) in [5, 5.41) is 0. The van der Waals surface area contributed by atoms with E-state index in [1.807, 2.05) is 6.08 Å². The lowest BCUT2D eigenvalue weighted by atomic mass is 9.94. The van der Waals surface area contributed by atoms with Crippen molar-refractivity contribution in [2.24, 2.45) is 0 Å². The van der Waals surface area contributed by atoms with Gasteiger partial charge in [-0.3, -0.25) is 19.2 Å². The van der Waals surface area contributed by atoms with Gasteiger partial charge in [-0.05, 0) is 38.0 Å². The predicted molar refractivity (Wildman–Crippen MR) is 115 cm³/mol. The lowest BCUT2D eigenvalue weighted by Gasteiger charge is -2.40. The molecule has 1 aromatic carbocycles. The highest BCUT2D eigenvalue weighted by Gasteiger charge is 2.24. The van der Waals surface area contributed by atoms with E-state index in [0.717, 1.165) is 31.2 Å². The third kappa shape index (κ3) is 4.70. The number of hydrogen-bond donors (Lipinski definition) is 0. The molecule has 4 rings (SSSR count). The predicted octanol–water partition coefficient (Wildman–Crippen LogP) is 3.30. The van der Waals surface area contributed by atoms with Crippen LogP contribution in [0.25, 0.3) is 11.1 Å². The van der Waals surface area contributed by atoms with Gasteiger partial charge >= 0.3 is 5.76 Å². The lowest BCUT2D eigenvalue weighted by Crippen LogP contribution is -2.50. The Balaban J connectivity index is 1.29. The molecular weight excluding hydrogens is 366 g/mol. The molecule has 0 bridgehead atoms. The summed E-state index contributed by atoms with van der Waals surface area (Å²) in [6.07, 6.45) is 11.1. The maximum Gasteiger partial charge on any atom is 0.420 e. The highest BCUT2D eigenvalue weighted by atomic mass is 16.4. The summed E-state index contributed by atoms with van der Waals surface area (Å²) in [7, 11) is 0. The monoisotopic (exact) mass is 397 g/mol. The topological polar surface area (TPSA) is 58.7 Å². The number of hydrogen-bond acceptors (Lipinski definition) is 5. The molecule has 0 unspecified atom stereocenters. The van der Waals surface area contributed by atoms with Crippen molar-refractivity contribution in [2.75, 3.05) is 32.7 Å². The number of benzene rings is 1. The summed E-state index contributed by atoms with van der Waals surface area (Å²) in [6, 6.07) is 5.98. The Hall–Kier alpha value is -2.18. The van der Waals surface area contributed by atoms with Gasteiger partial charge in [0.05, 0.1) is 5.52 Å². The second-order valence-corrected chi connectivity index (χ2v) is 8.32. The number of aromatic nitrogens is 1. The highest BCUT2D eigenvalue weighted by Crippen LogP contribution is 2.23. The minimum absolute atomic E-state index is 0.0363. The van der Waals surface area contributed by atoms with Gasteiger partial charge in [0.15, 0.2) is 11.4 Å². The molecule has 1 aromatic heterocycles. The highest BCUT2D eigenvalue weighted by molar-refractivity contribution is 5.96. The van der Waals surface area contributed by atoms with Crippen LogP contribution in [0.5, 0.6) is 0 Å². The Morgan fingerprint density at radius 3 is 2.52 bits per heavy atom. The Kier molecular flexibility index (Phi) is 6.31. The maximum atomic E-state index is 12.2. The van der Waals surface area contributed by atoms with E-state index in [-0.39, 0.29) is 11.5 Å². The van der Waals surface area contributed by atoms with E-state index in [2.05, 4.69) is 15.9 Å². The molecule has 156 valence electrons. The molecular formula is C23H31N3O3. The van der Waals surface area contributed by atoms with E-state index in [1.54, 1.807) is 22.8 Å². The molecule has 29 heavy (non-hydrogen) atoms. The summed E-state index contributed by atoms with van der Waals surface area (Å²) in [6.45, 7) is 7.47. The summed E-state index contributed by atoms with van der Waals surface area (Å²) < 4.78 is 6.92. The first-order chi connectivity index (χ1) is 14.1. The average molecular weight is 398 g/mol. The van der Waals surface area contributed by atoms with Crippen LogP contribution in [-0.4, -0.2) is 58.9 Å². The van der Waals surface area contributed by atoms with Gasteiger partial charge in [-0.15, -0.1) is 0 Å². The summed E-state index contributed by atoms with van der Waals surface area (Å²) >= 11 is 0. The third-order valence-electron chi connectivity index (χ3n) is 6.39. The summed E-state index contributed by atoms with van der Waals surface area (Å²) in [4.78, 5) is 28.8. The second-order valence-electron chi connectivity index (χ2n) is 8.32. The number of fused-ring (bicyclic) bond motifs is 1. The number of nitrogens with zero attached hydrogens (tertiary/aromatic N) is 3. The first-order valence-corrected chi connectivity index (χ1v) is 10.9. The van der Waals surface area contributed by atoms with Crippen LogP contribution >= 0.6 is 0 Å². The van der Waals surface area contributed by atoms with Gasteiger partial charge in [-0.25, -0.2) is 4.79 Å². The van der Waals surface area contributed by atoms with E-state index in [1.165, 1.54) is 52.1 Å². The normalized spacial score (nSPS) is 20.0. The summed E-state index contributed by atoms with van der Waals surface area (Å²) in [5.41, 5.74) is 1.75. The zero-order valence-electron chi connectivity index (χ0n) is 17.3. The Morgan fingerprint density at radius 2 is 1.79 bits per heavy atom. The minimum atomic E-state index is -0.383.